The highest BCUT2D eigenvalue weighted by molar-refractivity contribution is 5.94. The molecule has 2 amide bonds. The second-order valence-electron chi connectivity index (χ2n) is 4.93. The SMILES string of the molecule is CN1Cc2ccccc2N(Cc2ccc(CN)o2)C1=O. The first-order chi connectivity index (χ1) is 9.69. The van der Waals surface area contributed by atoms with Gasteiger partial charge in [-0.1, -0.05) is 18.2 Å². The van der Waals surface area contributed by atoms with Crippen LogP contribution in [0, 0.1) is 0 Å². The van der Waals surface area contributed by atoms with Crippen LogP contribution in [0.5, 0.6) is 0 Å². The van der Waals surface area contributed by atoms with E-state index in [9.17, 15) is 4.79 Å². The summed E-state index contributed by atoms with van der Waals surface area (Å²) in [6.45, 7) is 1.42. The van der Waals surface area contributed by atoms with Crippen LogP contribution in [0.25, 0.3) is 0 Å². The summed E-state index contributed by atoms with van der Waals surface area (Å²) in [5.41, 5.74) is 7.62. The van der Waals surface area contributed by atoms with Crippen LogP contribution in [0.3, 0.4) is 0 Å². The topological polar surface area (TPSA) is 62.7 Å². The molecule has 3 rings (SSSR count). The zero-order valence-corrected chi connectivity index (χ0v) is 11.4. The molecule has 0 saturated carbocycles. The van der Waals surface area contributed by atoms with E-state index in [1.165, 1.54) is 0 Å². The third-order valence-electron chi connectivity index (χ3n) is 3.48. The van der Waals surface area contributed by atoms with Gasteiger partial charge in [0.25, 0.3) is 0 Å². The van der Waals surface area contributed by atoms with Crippen LogP contribution in [0.2, 0.25) is 0 Å². The van der Waals surface area contributed by atoms with Crippen molar-refractivity contribution in [1.29, 1.82) is 0 Å². The van der Waals surface area contributed by atoms with Gasteiger partial charge < -0.3 is 15.1 Å². The number of nitrogens with two attached hydrogens (primary N) is 1. The summed E-state index contributed by atoms with van der Waals surface area (Å²) in [7, 11) is 1.80. The van der Waals surface area contributed by atoms with Gasteiger partial charge in [0.15, 0.2) is 0 Å². The van der Waals surface area contributed by atoms with Gasteiger partial charge in [0, 0.05) is 13.6 Å². The summed E-state index contributed by atoms with van der Waals surface area (Å²) in [5, 5.41) is 0. The van der Waals surface area contributed by atoms with Crippen LogP contribution in [0.4, 0.5) is 10.5 Å². The molecule has 5 nitrogen and oxygen atoms in total. The summed E-state index contributed by atoms with van der Waals surface area (Å²) < 4.78 is 5.60. The van der Waals surface area contributed by atoms with Gasteiger partial charge >= 0.3 is 6.03 Å². The smallest absolute Gasteiger partial charge is 0.324 e. The molecule has 0 unspecified atom stereocenters. The number of fused-ring (bicyclic) bond motifs is 1. The lowest BCUT2D eigenvalue weighted by atomic mass is 10.1. The Hall–Kier alpha value is -2.27. The minimum absolute atomic E-state index is 0.0191. The number of para-hydroxylation sites is 1. The lowest BCUT2D eigenvalue weighted by Crippen LogP contribution is -2.44. The Morgan fingerprint density at radius 3 is 2.70 bits per heavy atom. The van der Waals surface area contributed by atoms with Gasteiger partial charge in [0.05, 0.1) is 18.8 Å². The van der Waals surface area contributed by atoms with E-state index in [0.717, 1.165) is 22.8 Å². The molecule has 20 heavy (non-hydrogen) atoms. The van der Waals surface area contributed by atoms with Crippen molar-refractivity contribution in [2.75, 3.05) is 11.9 Å². The zero-order valence-electron chi connectivity index (χ0n) is 11.4. The largest absolute Gasteiger partial charge is 0.463 e. The highest BCUT2D eigenvalue weighted by Gasteiger charge is 2.28. The number of nitrogens with zero attached hydrogens (tertiary/aromatic N) is 2. The quantitative estimate of drug-likeness (QED) is 0.931. The first kappa shape index (κ1) is 12.7. The van der Waals surface area contributed by atoms with E-state index < -0.39 is 0 Å². The number of carbonyl (C=O) groups excluding carboxylic acids is 1. The Kier molecular flexibility index (Phi) is 3.20. The van der Waals surface area contributed by atoms with Crippen molar-refractivity contribution in [2.24, 2.45) is 5.73 Å². The molecule has 0 fully saturated rings. The molecule has 0 saturated heterocycles. The van der Waals surface area contributed by atoms with Gasteiger partial charge in [0.1, 0.15) is 11.5 Å². The first-order valence-electron chi connectivity index (χ1n) is 6.57. The molecule has 1 aromatic heterocycles. The lowest BCUT2D eigenvalue weighted by molar-refractivity contribution is 0.209. The molecule has 1 aliphatic heterocycles. The maximum absolute atomic E-state index is 12.4. The van der Waals surface area contributed by atoms with Crippen molar-refractivity contribution >= 4 is 11.7 Å². The molecule has 2 heterocycles. The molecule has 0 radical (unpaired) electrons. The van der Waals surface area contributed by atoms with Crippen LogP contribution in [-0.2, 0) is 19.6 Å². The van der Waals surface area contributed by atoms with Crippen molar-refractivity contribution in [1.82, 2.24) is 4.90 Å². The van der Waals surface area contributed by atoms with Gasteiger partial charge in [-0.25, -0.2) is 4.79 Å². The highest BCUT2D eigenvalue weighted by Crippen LogP contribution is 2.29. The van der Waals surface area contributed by atoms with E-state index in [2.05, 4.69) is 0 Å². The molecule has 2 aromatic rings. The lowest BCUT2D eigenvalue weighted by Gasteiger charge is -2.34. The Morgan fingerprint density at radius 2 is 1.95 bits per heavy atom. The van der Waals surface area contributed by atoms with Crippen molar-refractivity contribution in [3.8, 4) is 0 Å². The fraction of sp³-hybridized carbons (Fsp3) is 0.267. The molecular formula is C15H17N3O2. The van der Waals surface area contributed by atoms with Crippen LogP contribution in [0.15, 0.2) is 40.8 Å². The zero-order chi connectivity index (χ0) is 14.1. The van der Waals surface area contributed by atoms with E-state index in [0.29, 0.717) is 19.6 Å². The Bertz CT molecular complexity index is 636. The van der Waals surface area contributed by atoms with Crippen LogP contribution < -0.4 is 10.6 Å². The van der Waals surface area contributed by atoms with Crippen molar-refractivity contribution < 1.29 is 9.21 Å². The van der Waals surface area contributed by atoms with E-state index in [1.54, 1.807) is 16.8 Å². The molecule has 5 heteroatoms. The third kappa shape index (κ3) is 2.16. The standard InChI is InChI=1S/C15H17N3O2/c1-17-9-11-4-2-3-5-14(11)18(15(17)19)10-13-7-6-12(8-16)20-13/h2-7H,8-10,16H2,1H3. The van der Waals surface area contributed by atoms with E-state index in [1.807, 2.05) is 36.4 Å². The minimum Gasteiger partial charge on any atom is -0.463 e. The fourth-order valence-corrected chi connectivity index (χ4v) is 2.47. The normalized spacial score (nSPS) is 14.6. The second-order valence-corrected chi connectivity index (χ2v) is 4.93. The molecule has 2 N–H and O–H groups in total. The minimum atomic E-state index is -0.0191. The van der Waals surface area contributed by atoms with Crippen molar-refractivity contribution in [3.05, 3.63) is 53.5 Å². The molecule has 1 aromatic carbocycles. The molecule has 0 spiro atoms. The fourth-order valence-electron chi connectivity index (χ4n) is 2.47. The van der Waals surface area contributed by atoms with Crippen LogP contribution in [-0.4, -0.2) is 18.0 Å². The molecule has 0 atom stereocenters. The molecular weight excluding hydrogens is 254 g/mol. The third-order valence-corrected chi connectivity index (χ3v) is 3.48. The van der Waals surface area contributed by atoms with Crippen LogP contribution >= 0.6 is 0 Å². The number of hydrogen-bond acceptors (Lipinski definition) is 3. The maximum atomic E-state index is 12.4. The average molecular weight is 271 g/mol. The summed E-state index contributed by atoms with van der Waals surface area (Å²) in [6, 6.07) is 11.6. The van der Waals surface area contributed by atoms with Gasteiger partial charge in [-0.2, -0.15) is 0 Å². The molecule has 0 bridgehead atoms. The molecule has 0 aliphatic carbocycles. The highest BCUT2D eigenvalue weighted by atomic mass is 16.3. The number of furan rings is 1. The van der Waals surface area contributed by atoms with Gasteiger partial charge in [-0.05, 0) is 23.8 Å². The van der Waals surface area contributed by atoms with E-state index >= 15 is 0 Å². The van der Waals surface area contributed by atoms with E-state index in [-0.39, 0.29) is 6.03 Å². The number of benzene rings is 1. The number of hydrogen-bond donors (Lipinski definition) is 1. The van der Waals surface area contributed by atoms with Gasteiger partial charge in [0.2, 0.25) is 0 Å². The summed E-state index contributed by atoms with van der Waals surface area (Å²) in [5.74, 6) is 1.47. The van der Waals surface area contributed by atoms with Gasteiger partial charge in [-0.15, -0.1) is 0 Å². The number of urea groups is 1. The maximum Gasteiger partial charge on any atom is 0.324 e. The number of rotatable bonds is 3. The Morgan fingerprint density at radius 1 is 1.20 bits per heavy atom. The number of carbonyl (C=O) groups is 1. The molecule has 1 aliphatic rings. The van der Waals surface area contributed by atoms with Gasteiger partial charge in [-0.3, -0.25) is 4.90 Å². The van der Waals surface area contributed by atoms with Crippen molar-refractivity contribution in [3.63, 3.8) is 0 Å². The molecule has 104 valence electrons. The Balaban J connectivity index is 1.92. The monoisotopic (exact) mass is 271 g/mol. The second kappa shape index (κ2) is 5.02. The summed E-state index contributed by atoms with van der Waals surface area (Å²) in [6.07, 6.45) is 0. The number of amides is 2. The first-order valence-corrected chi connectivity index (χ1v) is 6.57. The summed E-state index contributed by atoms with van der Waals surface area (Å²) in [4.78, 5) is 15.8. The number of anilines is 1. The Labute approximate surface area is 117 Å². The average Bonchev–Trinajstić information content (AvgIpc) is 2.91. The van der Waals surface area contributed by atoms with E-state index in [4.69, 9.17) is 10.2 Å². The predicted molar refractivity (Wildman–Crippen MR) is 76.1 cm³/mol. The van der Waals surface area contributed by atoms with Crippen LogP contribution in [0.1, 0.15) is 17.1 Å². The predicted octanol–water partition coefficient (Wildman–Crippen LogP) is 2.31. The summed E-state index contributed by atoms with van der Waals surface area (Å²) >= 11 is 0. The van der Waals surface area contributed by atoms with Crippen molar-refractivity contribution in [2.45, 2.75) is 19.6 Å².